The summed E-state index contributed by atoms with van der Waals surface area (Å²) < 4.78 is 1.87. The average Bonchev–Trinajstić information content (AvgIpc) is 3.09. The number of amides is 3. The molecule has 1 aromatic carbocycles. The molecule has 0 aliphatic carbocycles. The zero-order chi connectivity index (χ0) is 20.0. The molecule has 146 valence electrons. The number of amidine groups is 1. The van der Waals surface area contributed by atoms with E-state index in [-0.39, 0.29) is 0 Å². The second-order valence-corrected chi connectivity index (χ2v) is 7.05. The van der Waals surface area contributed by atoms with Gasteiger partial charge in [-0.1, -0.05) is 24.0 Å². The molecule has 3 aliphatic rings. The first-order valence-corrected chi connectivity index (χ1v) is 9.32. The van der Waals surface area contributed by atoms with Gasteiger partial charge in [0.1, 0.15) is 12.2 Å². The first-order valence-electron chi connectivity index (χ1n) is 9.32. The maximum atomic E-state index is 12.9. The molecule has 1 fully saturated rings. The second-order valence-electron chi connectivity index (χ2n) is 7.05. The molecule has 1 saturated heterocycles. The van der Waals surface area contributed by atoms with Crippen LogP contribution in [0.2, 0.25) is 0 Å². The zero-order valence-electron chi connectivity index (χ0n) is 15.8. The number of imide groups is 1. The minimum atomic E-state index is -1.23. The molecular formula is C19H22N5O4+. The molecule has 3 heterocycles. The summed E-state index contributed by atoms with van der Waals surface area (Å²) in [6.07, 6.45) is 1.77. The van der Waals surface area contributed by atoms with Crippen molar-refractivity contribution < 1.29 is 24.1 Å². The number of guanidine groups is 1. The largest absolute Gasteiger partial charge is 0.480 e. The van der Waals surface area contributed by atoms with Crippen molar-refractivity contribution in [3.63, 3.8) is 0 Å². The first-order chi connectivity index (χ1) is 13.4. The van der Waals surface area contributed by atoms with Gasteiger partial charge in [-0.3, -0.25) is 14.5 Å². The molecule has 0 radical (unpaired) electrons. The number of benzene rings is 1. The Kier molecular flexibility index (Phi) is 4.37. The van der Waals surface area contributed by atoms with Crippen molar-refractivity contribution in [3.8, 4) is 0 Å². The van der Waals surface area contributed by atoms with E-state index < -0.39 is 30.5 Å². The molecule has 3 amide bonds. The van der Waals surface area contributed by atoms with Gasteiger partial charge in [0, 0.05) is 13.5 Å². The fourth-order valence-corrected chi connectivity index (χ4v) is 3.89. The number of carboxylic acids is 1. The van der Waals surface area contributed by atoms with Gasteiger partial charge in [0.25, 0.3) is 5.91 Å². The summed E-state index contributed by atoms with van der Waals surface area (Å²) in [5.74, 6) is -0.791. The number of nitrogens with zero attached hydrogens (tertiary/aromatic N) is 5. The number of anilines is 1. The maximum Gasteiger partial charge on any atom is 0.397 e. The van der Waals surface area contributed by atoms with Crippen molar-refractivity contribution in [2.24, 2.45) is 4.99 Å². The molecule has 9 heteroatoms. The lowest BCUT2D eigenvalue weighted by Crippen LogP contribution is -2.64. The Hall–Kier alpha value is -3.23. The smallest absolute Gasteiger partial charge is 0.397 e. The van der Waals surface area contributed by atoms with E-state index in [1.54, 1.807) is 0 Å². The van der Waals surface area contributed by atoms with Crippen LogP contribution in [0.1, 0.15) is 18.9 Å². The van der Waals surface area contributed by atoms with Crippen molar-refractivity contribution in [3.05, 3.63) is 29.8 Å². The highest BCUT2D eigenvalue weighted by atomic mass is 16.4. The maximum absolute atomic E-state index is 12.9. The van der Waals surface area contributed by atoms with Gasteiger partial charge < -0.3 is 5.11 Å². The number of rotatable bonds is 4. The summed E-state index contributed by atoms with van der Waals surface area (Å²) in [6, 6.07) is 6.77. The number of carbonyl (C=O) groups excluding carboxylic acids is 2. The van der Waals surface area contributed by atoms with E-state index in [1.807, 2.05) is 21.6 Å². The number of aliphatic imine (C=N–C) groups is 1. The topological polar surface area (TPSA) is 96.5 Å². The monoisotopic (exact) mass is 384 g/mol. The van der Waals surface area contributed by atoms with Gasteiger partial charge in [0.2, 0.25) is 11.9 Å². The van der Waals surface area contributed by atoms with E-state index in [1.165, 1.54) is 17.5 Å². The molecule has 28 heavy (non-hydrogen) atoms. The van der Waals surface area contributed by atoms with Crippen LogP contribution in [0.25, 0.3) is 0 Å². The Morgan fingerprint density at radius 2 is 2.00 bits per heavy atom. The Labute approximate surface area is 162 Å². The van der Waals surface area contributed by atoms with Crippen LogP contribution in [0, 0.1) is 0 Å². The van der Waals surface area contributed by atoms with Crippen molar-refractivity contribution in [2.45, 2.75) is 25.8 Å². The molecule has 0 saturated carbocycles. The summed E-state index contributed by atoms with van der Waals surface area (Å²) in [5, 5.41) is 9.07. The summed E-state index contributed by atoms with van der Waals surface area (Å²) in [5.41, 5.74) is 2.21. The number of likely N-dealkylation sites (N-methyl/N-ethyl adjacent to an activating group) is 1. The van der Waals surface area contributed by atoms with Crippen molar-refractivity contribution in [2.75, 3.05) is 31.6 Å². The van der Waals surface area contributed by atoms with Crippen LogP contribution in [0.5, 0.6) is 0 Å². The van der Waals surface area contributed by atoms with E-state index in [4.69, 9.17) is 5.11 Å². The summed E-state index contributed by atoms with van der Waals surface area (Å²) >= 11 is 0. The molecule has 1 atom stereocenters. The predicted molar refractivity (Wildman–Crippen MR) is 102 cm³/mol. The van der Waals surface area contributed by atoms with Crippen molar-refractivity contribution >= 4 is 35.4 Å². The van der Waals surface area contributed by atoms with Gasteiger partial charge in [-0.15, -0.1) is 0 Å². The Bertz CT molecular complexity index is 921. The van der Waals surface area contributed by atoms with Crippen LogP contribution >= 0.6 is 0 Å². The average molecular weight is 384 g/mol. The fourth-order valence-electron chi connectivity index (χ4n) is 3.89. The number of urea groups is 1. The normalized spacial score (nSPS) is 21.7. The van der Waals surface area contributed by atoms with E-state index in [2.05, 4.69) is 24.0 Å². The third kappa shape index (κ3) is 2.74. The van der Waals surface area contributed by atoms with Gasteiger partial charge in [-0.25, -0.2) is 19.2 Å². The highest BCUT2D eigenvalue weighted by Gasteiger charge is 2.54. The number of aryl methyl sites for hydroxylation is 1. The molecule has 3 aliphatic heterocycles. The van der Waals surface area contributed by atoms with Gasteiger partial charge in [0.15, 0.2) is 0 Å². The molecule has 1 aromatic rings. The molecule has 9 nitrogen and oxygen atoms in total. The summed E-state index contributed by atoms with van der Waals surface area (Å²) in [4.78, 5) is 45.3. The molecular weight excluding hydrogens is 362 g/mol. The third-order valence-corrected chi connectivity index (χ3v) is 5.36. The summed E-state index contributed by atoms with van der Waals surface area (Å²) in [6.45, 7) is 2.81. The molecule has 0 bridgehead atoms. The molecule has 4 rings (SSSR count). The third-order valence-electron chi connectivity index (χ3n) is 5.36. The Balaban J connectivity index is 1.73. The molecule has 1 N–H and O–H groups in total. The van der Waals surface area contributed by atoms with Crippen LogP contribution in [0.3, 0.4) is 0 Å². The lowest BCUT2D eigenvalue weighted by molar-refractivity contribution is -0.539. The molecule has 0 aromatic heterocycles. The minimum Gasteiger partial charge on any atom is -0.480 e. The van der Waals surface area contributed by atoms with Crippen LogP contribution in [-0.2, 0) is 16.0 Å². The number of carboxylic acid groups (broad SMARTS) is 1. The second kappa shape index (κ2) is 6.74. The lowest BCUT2D eigenvalue weighted by Gasteiger charge is -2.33. The minimum absolute atomic E-state index is 0.351. The van der Waals surface area contributed by atoms with Crippen LogP contribution in [0.15, 0.2) is 29.3 Å². The van der Waals surface area contributed by atoms with Gasteiger partial charge in [-0.05, 0) is 24.1 Å². The predicted octanol–water partition coefficient (Wildman–Crippen LogP) is 0.587. The number of carbonyl (C=O) groups is 3. The highest BCUT2D eigenvalue weighted by Crippen LogP contribution is 2.26. The lowest BCUT2D eigenvalue weighted by atomic mass is 10.1. The van der Waals surface area contributed by atoms with Crippen LogP contribution < -0.4 is 4.90 Å². The number of hydrogen-bond donors (Lipinski definition) is 1. The molecule has 1 unspecified atom stereocenters. The number of aliphatic carboxylic acids is 1. The SMILES string of the molecule is CCc1ccc(N2CCC[N+]3=C2N=C2C3C(=O)N(CC(=O)O)C(=O)N2C)cc1. The highest BCUT2D eigenvalue weighted by molar-refractivity contribution is 6.24. The van der Waals surface area contributed by atoms with Crippen molar-refractivity contribution in [1.29, 1.82) is 0 Å². The van der Waals surface area contributed by atoms with Crippen LogP contribution in [-0.4, -0.2) is 81.9 Å². The Morgan fingerprint density at radius 1 is 1.29 bits per heavy atom. The van der Waals surface area contributed by atoms with E-state index in [0.29, 0.717) is 18.3 Å². The van der Waals surface area contributed by atoms with E-state index in [0.717, 1.165) is 30.0 Å². The summed E-state index contributed by atoms with van der Waals surface area (Å²) in [7, 11) is 1.52. The number of fused-ring (bicyclic) bond motifs is 2. The van der Waals surface area contributed by atoms with Crippen LogP contribution in [0.4, 0.5) is 10.5 Å². The first kappa shape index (κ1) is 18.1. The standard InChI is InChI=1S/C19H21N5O4/c1-3-12-5-7-13(8-6-12)22-9-4-10-23-15-16(20-18(22)23)21(2)19(28)24(17(15)27)11-14(25)26/h5-8,15H,3-4,9-11H2,1-2H3/p+1. The van der Waals surface area contributed by atoms with E-state index >= 15 is 0 Å². The quantitative estimate of drug-likeness (QED) is 0.767. The zero-order valence-corrected chi connectivity index (χ0v) is 15.8. The number of hydrogen-bond acceptors (Lipinski definition) is 5. The van der Waals surface area contributed by atoms with E-state index in [9.17, 15) is 14.4 Å². The Morgan fingerprint density at radius 3 is 2.64 bits per heavy atom. The van der Waals surface area contributed by atoms with Gasteiger partial charge in [-0.2, -0.15) is 0 Å². The fraction of sp³-hybridized carbons (Fsp3) is 0.421. The van der Waals surface area contributed by atoms with Crippen molar-refractivity contribution in [1.82, 2.24) is 9.80 Å². The van der Waals surface area contributed by atoms with Gasteiger partial charge in [0.05, 0.1) is 13.1 Å². The van der Waals surface area contributed by atoms with Gasteiger partial charge >= 0.3 is 18.0 Å². The molecule has 0 spiro atoms.